The van der Waals surface area contributed by atoms with E-state index < -0.39 is 11.9 Å². The van der Waals surface area contributed by atoms with Crippen LogP contribution in [0.15, 0.2) is 30.3 Å². The van der Waals surface area contributed by atoms with Gasteiger partial charge in [0.25, 0.3) is 5.91 Å². The largest absolute Gasteiger partial charge is 0.365 e. The second kappa shape index (κ2) is 4.85. The summed E-state index contributed by atoms with van der Waals surface area (Å²) in [6.07, 6.45) is 0. The van der Waals surface area contributed by atoms with Gasteiger partial charge < -0.3 is 16.5 Å². The third-order valence-electron chi connectivity index (χ3n) is 2.69. The summed E-state index contributed by atoms with van der Waals surface area (Å²) in [5, 5.41) is 2.34. The van der Waals surface area contributed by atoms with Crippen LogP contribution >= 0.6 is 0 Å². The number of carbonyl (C=O) groups is 2. The number of benzene rings is 1. The van der Waals surface area contributed by atoms with Crippen LogP contribution in [0.2, 0.25) is 0 Å². The van der Waals surface area contributed by atoms with Crippen molar-refractivity contribution in [2.75, 3.05) is 5.32 Å². The van der Waals surface area contributed by atoms with Crippen LogP contribution in [0.5, 0.6) is 0 Å². The Bertz CT molecular complexity index is 629. The lowest BCUT2D eigenvalue weighted by atomic mass is 10.1. The van der Waals surface area contributed by atoms with Crippen LogP contribution in [0.3, 0.4) is 0 Å². The summed E-state index contributed by atoms with van der Waals surface area (Å²) >= 11 is 0. The topological polar surface area (TPSA) is 114 Å². The predicted octanol–water partition coefficient (Wildman–Crippen LogP) is 1.58. The predicted molar refractivity (Wildman–Crippen MR) is 72.7 cm³/mol. The summed E-state index contributed by atoms with van der Waals surface area (Å²) in [5.74, 6) is -0.436. The molecule has 19 heavy (non-hydrogen) atoms. The number of aromatic nitrogens is 1. The van der Waals surface area contributed by atoms with Crippen LogP contribution in [0.1, 0.15) is 15.9 Å². The van der Waals surface area contributed by atoms with E-state index in [2.05, 4.69) is 10.3 Å². The number of urea groups is 1. The second-order valence-electron chi connectivity index (χ2n) is 4.19. The molecular formula is C13H14N4O2. The van der Waals surface area contributed by atoms with E-state index in [0.29, 0.717) is 5.69 Å². The third kappa shape index (κ3) is 2.74. The molecular weight excluding hydrogens is 244 g/mol. The molecule has 0 saturated carbocycles. The molecule has 0 aliphatic carbocycles. The lowest BCUT2D eigenvalue weighted by Crippen LogP contribution is -2.22. The maximum Gasteiger partial charge on any atom is 0.317 e. The van der Waals surface area contributed by atoms with Gasteiger partial charge in [0.15, 0.2) is 0 Å². The Morgan fingerprint density at radius 2 is 1.79 bits per heavy atom. The van der Waals surface area contributed by atoms with E-state index >= 15 is 0 Å². The molecule has 6 N–H and O–H groups in total. The zero-order chi connectivity index (χ0) is 14.0. The zero-order valence-corrected chi connectivity index (χ0v) is 10.4. The smallest absolute Gasteiger partial charge is 0.317 e. The van der Waals surface area contributed by atoms with Gasteiger partial charge in [-0.25, -0.2) is 4.79 Å². The Labute approximate surface area is 109 Å². The summed E-state index contributed by atoms with van der Waals surface area (Å²) in [6.45, 7) is 1.98. The van der Waals surface area contributed by atoms with Gasteiger partial charge in [-0.3, -0.25) is 10.1 Å². The fourth-order valence-corrected chi connectivity index (χ4v) is 1.76. The number of carbonyl (C=O) groups excluding carboxylic acids is 2. The van der Waals surface area contributed by atoms with Gasteiger partial charge in [-0.1, -0.05) is 29.8 Å². The molecule has 0 spiro atoms. The minimum Gasteiger partial charge on any atom is -0.365 e. The Kier molecular flexibility index (Phi) is 3.24. The minimum absolute atomic E-state index is 0.189. The first kappa shape index (κ1) is 12.7. The number of amides is 3. The van der Waals surface area contributed by atoms with E-state index in [0.717, 1.165) is 11.1 Å². The van der Waals surface area contributed by atoms with Crippen LogP contribution in [0, 0.1) is 6.92 Å². The minimum atomic E-state index is -0.764. The molecule has 0 unspecified atom stereocenters. The number of primary amides is 2. The number of rotatable bonds is 3. The highest BCUT2D eigenvalue weighted by atomic mass is 16.2. The van der Waals surface area contributed by atoms with E-state index in [-0.39, 0.29) is 11.4 Å². The molecule has 0 fully saturated rings. The Morgan fingerprint density at radius 1 is 1.16 bits per heavy atom. The number of aromatic amines is 1. The van der Waals surface area contributed by atoms with E-state index in [1.54, 1.807) is 6.07 Å². The van der Waals surface area contributed by atoms with Crippen LogP contribution in [-0.2, 0) is 0 Å². The fraction of sp³-hybridized carbons (Fsp3) is 0.0769. The van der Waals surface area contributed by atoms with Gasteiger partial charge in [0.2, 0.25) is 0 Å². The maximum absolute atomic E-state index is 11.3. The summed E-state index contributed by atoms with van der Waals surface area (Å²) in [7, 11) is 0. The van der Waals surface area contributed by atoms with Crippen LogP contribution in [0.4, 0.5) is 10.6 Å². The molecule has 1 aromatic carbocycles. The van der Waals surface area contributed by atoms with Crippen molar-refractivity contribution >= 4 is 17.8 Å². The van der Waals surface area contributed by atoms with Crippen molar-refractivity contribution in [1.29, 1.82) is 0 Å². The zero-order valence-electron chi connectivity index (χ0n) is 10.4. The lowest BCUT2D eigenvalue weighted by molar-refractivity contribution is 0.100. The molecule has 1 aromatic heterocycles. The van der Waals surface area contributed by atoms with Gasteiger partial charge in [0, 0.05) is 5.69 Å². The molecule has 0 aliphatic heterocycles. The quantitative estimate of drug-likeness (QED) is 0.669. The first-order chi connectivity index (χ1) is 8.97. The van der Waals surface area contributed by atoms with E-state index in [9.17, 15) is 9.59 Å². The summed E-state index contributed by atoms with van der Waals surface area (Å²) in [5.41, 5.74) is 13.2. The van der Waals surface area contributed by atoms with Crippen LogP contribution < -0.4 is 16.8 Å². The summed E-state index contributed by atoms with van der Waals surface area (Å²) in [6, 6.07) is 8.51. The van der Waals surface area contributed by atoms with E-state index in [1.165, 1.54) is 0 Å². The van der Waals surface area contributed by atoms with Crippen molar-refractivity contribution in [1.82, 2.24) is 4.98 Å². The fourth-order valence-electron chi connectivity index (χ4n) is 1.76. The van der Waals surface area contributed by atoms with Crippen LogP contribution in [-0.4, -0.2) is 16.9 Å². The van der Waals surface area contributed by atoms with Gasteiger partial charge in [-0.05, 0) is 18.6 Å². The standard InChI is InChI=1S/C13H14N4O2/c1-7-2-4-8(5-3-7)10-6-9(11(14)18)12(16-10)17-13(15)19/h2-6,16H,1H3,(H2,14,18)(H3,15,17,19). The SMILES string of the molecule is Cc1ccc(-c2cc(C(N)=O)c(NC(N)=O)[nH]2)cc1. The number of H-pyrrole nitrogens is 1. The first-order valence-corrected chi connectivity index (χ1v) is 5.63. The monoisotopic (exact) mass is 258 g/mol. The first-order valence-electron chi connectivity index (χ1n) is 5.63. The van der Waals surface area contributed by atoms with Gasteiger partial charge >= 0.3 is 6.03 Å². The lowest BCUT2D eigenvalue weighted by Gasteiger charge is -2.00. The highest BCUT2D eigenvalue weighted by Gasteiger charge is 2.14. The van der Waals surface area contributed by atoms with Crippen molar-refractivity contribution in [3.05, 3.63) is 41.5 Å². The third-order valence-corrected chi connectivity index (χ3v) is 2.69. The molecule has 0 saturated heterocycles. The maximum atomic E-state index is 11.3. The highest BCUT2D eigenvalue weighted by molar-refractivity contribution is 6.02. The van der Waals surface area contributed by atoms with Gasteiger partial charge in [0.05, 0.1) is 5.56 Å². The Morgan fingerprint density at radius 3 is 2.32 bits per heavy atom. The summed E-state index contributed by atoms with van der Waals surface area (Å²) < 4.78 is 0. The molecule has 0 bridgehead atoms. The van der Waals surface area contributed by atoms with E-state index in [4.69, 9.17) is 11.5 Å². The second-order valence-corrected chi connectivity index (χ2v) is 4.19. The molecule has 2 rings (SSSR count). The number of nitrogens with one attached hydrogen (secondary N) is 2. The normalized spacial score (nSPS) is 10.2. The highest BCUT2D eigenvalue weighted by Crippen LogP contribution is 2.25. The van der Waals surface area contributed by atoms with Crippen molar-refractivity contribution in [3.8, 4) is 11.3 Å². The molecule has 2 aromatic rings. The molecule has 6 nitrogen and oxygen atoms in total. The van der Waals surface area contributed by atoms with Gasteiger partial charge in [-0.15, -0.1) is 0 Å². The van der Waals surface area contributed by atoms with Gasteiger partial charge in [0.1, 0.15) is 5.82 Å². The molecule has 0 aliphatic rings. The van der Waals surface area contributed by atoms with Crippen molar-refractivity contribution in [3.63, 3.8) is 0 Å². The number of hydrogen-bond acceptors (Lipinski definition) is 2. The molecule has 98 valence electrons. The number of hydrogen-bond donors (Lipinski definition) is 4. The summed E-state index contributed by atoms with van der Waals surface area (Å²) in [4.78, 5) is 25.1. The Balaban J connectivity index is 2.45. The number of aryl methyl sites for hydroxylation is 1. The number of anilines is 1. The van der Waals surface area contributed by atoms with Crippen molar-refractivity contribution < 1.29 is 9.59 Å². The van der Waals surface area contributed by atoms with E-state index in [1.807, 2.05) is 31.2 Å². The average molecular weight is 258 g/mol. The Hall–Kier alpha value is -2.76. The van der Waals surface area contributed by atoms with Crippen LogP contribution in [0.25, 0.3) is 11.3 Å². The van der Waals surface area contributed by atoms with Crippen molar-refractivity contribution in [2.24, 2.45) is 11.5 Å². The average Bonchev–Trinajstić information content (AvgIpc) is 2.73. The number of nitrogens with two attached hydrogens (primary N) is 2. The molecule has 6 heteroatoms. The molecule has 0 radical (unpaired) electrons. The van der Waals surface area contributed by atoms with Crippen molar-refractivity contribution in [2.45, 2.75) is 6.92 Å². The molecule has 0 atom stereocenters. The van der Waals surface area contributed by atoms with Gasteiger partial charge in [-0.2, -0.15) is 0 Å². The molecule has 1 heterocycles. The molecule has 3 amide bonds.